The zero-order chi connectivity index (χ0) is 26.1. The Kier molecular flexibility index (Phi) is 11.3. The lowest BCUT2D eigenvalue weighted by Gasteiger charge is -2.31. The standard InChI is InChI=1S/C16H27N3O.2C2HF3O2/c1-3-20-12-15-11-18(2)10-14-8-17-19(16(14)15)9-13-6-4-5-7-13;2*3-2(4,5)1(6)7/h8,13,15H,3-7,9-12H2,1-2H3;2*(H,6,7). The van der Waals surface area contributed by atoms with Crippen LogP contribution in [0.25, 0.3) is 0 Å². The van der Waals surface area contributed by atoms with Crippen LogP contribution in [0.15, 0.2) is 6.20 Å². The van der Waals surface area contributed by atoms with E-state index >= 15 is 0 Å². The van der Waals surface area contributed by atoms with Crippen molar-refractivity contribution in [2.24, 2.45) is 5.92 Å². The van der Waals surface area contributed by atoms with Gasteiger partial charge < -0.3 is 19.8 Å². The minimum absolute atomic E-state index is 0.479. The highest BCUT2D eigenvalue weighted by Crippen LogP contribution is 2.31. The molecule has 0 amide bonds. The number of carboxylic acids is 2. The van der Waals surface area contributed by atoms with Crippen LogP contribution in [0.2, 0.25) is 0 Å². The molecule has 1 aromatic heterocycles. The van der Waals surface area contributed by atoms with Gasteiger partial charge >= 0.3 is 24.3 Å². The van der Waals surface area contributed by atoms with Crippen LogP contribution >= 0.6 is 0 Å². The van der Waals surface area contributed by atoms with Crippen LogP contribution in [0.3, 0.4) is 0 Å². The maximum absolute atomic E-state index is 10.6. The maximum Gasteiger partial charge on any atom is 0.490 e. The molecule has 8 nitrogen and oxygen atoms in total. The van der Waals surface area contributed by atoms with Crippen molar-refractivity contribution in [1.29, 1.82) is 0 Å². The van der Waals surface area contributed by atoms with Gasteiger partial charge in [0.05, 0.1) is 12.8 Å². The average molecular weight is 505 g/mol. The smallest absolute Gasteiger partial charge is 0.475 e. The number of halogens is 6. The first kappa shape index (κ1) is 29.7. The normalized spacial score (nSPS) is 18.9. The number of carbonyl (C=O) groups is 2. The van der Waals surface area contributed by atoms with Gasteiger partial charge in [0, 0.05) is 43.4 Å². The summed E-state index contributed by atoms with van der Waals surface area (Å²) in [5, 5.41) is 18.9. The van der Waals surface area contributed by atoms with Gasteiger partial charge in [-0.15, -0.1) is 0 Å². The number of fused-ring (bicyclic) bond motifs is 1. The van der Waals surface area contributed by atoms with Crippen molar-refractivity contribution in [2.75, 3.05) is 26.8 Å². The van der Waals surface area contributed by atoms with E-state index in [0.29, 0.717) is 5.92 Å². The van der Waals surface area contributed by atoms with E-state index in [1.54, 1.807) is 0 Å². The van der Waals surface area contributed by atoms with E-state index in [9.17, 15) is 26.3 Å². The fourth-order valence-corrected chi connectivity index (χ4v) is 3.82. The van der Waals surface area contributed by atoms with Gasteiger partial charge in [0.15, 0.2) is 0 Å². The Bertz CT molecular complexity index is 767. The minimum Gasteiger partial charge on any atom is -0.475 e. The van der Waals surface area contributed by atoms with E-state index in [0.717, 1.165) is 38.8 Å². The number of ether oxygens (including phenoxy) is 1. The minimum atomic E-state index is -5.08. The molecule has 34 heavy (non-hydrogen) atoms. The van der Waals surface area contributed by atoms with Crippen molar-refractivity contribution >= 4 is 11.9 Å². The predicted molar refractivity (Wildman–Crippen MR) is 107 cm³/mol. The molecule has 0 spiro atoms. The summed E-state index contributed by atoms with van der Waals surface area (Å²) >= 11 is 0. The second-order valence-electron chi connectivity index (χ2n) is 8.05. The lowest BCUT2D eigenvalue weighted by Crippen LogP contribution is -2.34. The molecule has 1 aromatic rings. The van der Waals surface area contributed by atoms with Gasteiger partial charge in [0.2, 0.25) is 0 Å². The van der Waals surface area contributed by atoms with Gasteiger partial charge in [-0.1, -0.05) is 12.8 Å². The monoisotopic (exact) mass is 505 g/mol. The zero-order valence-electron chi connectivity index (χ0n) is 18.8. The average Bonchev–Trinajstić information content (AvgIpc) is 3.36. The fourth-order valence-electron chi connectivity index (χ4n) is 3.82. The van der Waals surface area contributed by atoms with Crippen molar-refractivity contribution in [2.45, 2.75) is 64.0 Å². The molecule has 1 saturated carbocycles. The molecular formula is C20H29F6N3O5. The van der Waals surface area contributed by atoms with Crippen LogP contribution in [0.4, 0.5) is 26.3 Å². The number of rotatable bonds is 5. The summed E-state index contributed by atoms with van der Waals surface area (Å²) in [5.41, 5.74) is 2.85. The van der Waals surface area contributed by atoms with Crippen molar-refractivity contribution in [3.05, 3.63) is 17.5 Å². The summed E-state index contributed by atoms with van der Waals surface area (Å²) in [5.74, 6) is -4.20. The summed E-state index contributed by atoms with van der Waals surface area (Å²) in [7, 11) is 2.19. The predicted octanol–water partition coefficient (Wildman–Crippen LogP) is 3.91. The first-order valence-electron chi connectivity index (χ1n) is 10.6. The van der Waals surface area contributed by atoms with Crippen LogP contribution in [0.5, 0.6) is 0 Å². The summed E-state index contributed by atoms with van der Waals surface area (Å²) in [6.45, 7) is 6.92. The van der Waals surface area contributed by atoms with Crippen molar-refractivity contribution < 1.29 is 50.9 Å². The molecule has 1 aliphatic heterocycles. The molecule has 3 rings (SSSR count). The highest BCUT2D eigenvalue weighted by atomic mass is 19.4. The van der Waals surface area contributed by atoms with E-state index < -0.39 is 24.3 Å². The number of aliphatic carboxylic acids is 2. The Labute approximate surface area is 192 Å². The topological polar surface area (TPSA) is 105 Å². The quantitative estimate of drug-likeness (QED) is 0.585. The number of hydrogen-bond acceptors (Lipinski definition) is 5. The Morgan fingerprint density at radius 1 is 1.09 bits per heavy atom. The molecule has 0 aromatic carbocycles. The van der Waals surface area contributed by atoms with Gasteiger partial charge in [-0.05, 0) is 32.7 Å². The molecule has 14 heteroatoms. The third-order valence-electron chi connectivity index (χ3n) is 5.23. The number of nitrogens with zero attached hydrogens (tertiary/aromatic N) is 3. The zero-order valence-corrected chi connectivity index (χ0v) is 18.8. The van der Waals surface area contributed by atoms with E-state index in [2.05, 4.69) is 34.8 Å². The molecule has 196 valence electrons. The number of aromatic nitrogens is 2. The molecule has 2 N–H and O–H groups in total. The van der Waals surface area contributed by atoms with Crippen molar-refractivity contribution in [1.82, 2.24) is 14.7 Å². The summed E-state index contributed by atoms with van der Waals surface area (Å²) in [4.78, 5) is 20.2. The number of carboxylic acid groups (broad SMARTS) is 2. The van der Waals surface area contributed by atoms with Crippen LogP contribution in [0.1, 0.15) is 49.8 Å². The second kappa shape index (κ2) is 12.9. The highest BCUT2D eigenvalue weighted by Gasteiger charge is 2.39. The first-order chi connectivity index (χ1) is 15.7. The van der Waals surface area contributed by atoms with Crippen LogP contribution in [-0.4, -0.2) is 76.0 Å². The van der Waals surface area contributed by atoms with Crippen LogP contribution in [0, 0.1) is 5.92 Å². The Morgan fingerprint density at radius 3 is 2.03 bits per heavy atom. The van der Waals surface area contributed by atoms with E-state index in [1.807, 2.05) is 0 Å². The molecule has 2 heterocycles. The molecule has 2 aliphatic rings. The van der Waals surface area contributed by atoms with E-state index in [1.165, 1.54) is 36.9 Å². The van der Waals surface area contributed by atoms with Crippen molar-refractivity contribution in [3.63, 3.8) is 0 Å². The SMILES string of the molecule is CCOCC1CN(C)Cc2cnn(CC3CCCC3)c21.O=C(O)C(F)(F)F.O=C(O)C(F)(F)F. The van der Waals surface area contributed by atoms with E-state index in [4.69, 9.17) is 24.5 Å². The number of hydrogen-bond donors (Lipinski definition) is 2. The summed E-state index contributed by atoms with van der Waals surface area (Å²) in [6, 6.07) is 0. The number of likely N-dealkylation sites (N-methyl/N-ethyl adjacent to an activating group) is 1. The molecule has 0 saturated heterocycles. The van der Waals surface area contributed by atoms with Crippen LogP contribution in [-0.2, 0) is 27.4 Å². The highest BCUT2D eigenvalue weighted by molar-refractivity contribution is 5.73. The van der Waals surface area contributed by atoms with E-state index in [-0.39, 0.29) is 0 Å². The largest absolute Gasteiger partial charge is 0.490 e. The van der Waals surface area contributed by atoms with Gasteiger partial charge in [-0.2, -0.15) is 31.4 Å². The van der Waals surface area contributed by atoms with Gasteiger partial charge in [0.25, 0.3) is 0 Å². The Hall–Kier alpha value is -2.35. The first-order valence-corrected chi connectivity index (χ1v) is 10.6. The van der Waals surface area contributed by atoms with Crippen LogP contribution < -0.4 is 0 Å². The molecule has 1 aliphatic carbocycles. The van der Waals surface area contributed by atoms with Gasteiger partial charge in [-0.3, -0.25) is 4.68 Å². The molecule has 0 radical (unpaired) electrons. The summed E-state index contributed by atoms with van der Waals surface area (Å²) < 4.78 is 71.5. The Morgan fingerprint density at radius 2 is 1.59 bits per heavy atom. The second-order valence-corrected chi connectivity index (χ2v) is 8.05. The lowest BCUT2D eigenvalue weighted by atomic mass is 9.97. The summed E-state index contributed by atoms with van der Waals surface area (Å²) in [6.07, 6.45) is -2.52. The molecule has 1 fully saturated rings. The van der Waals surface area contributed by atoms with Gasteiger partial charge in [-0.25, -0.2) is 9.59 Å². The maximum atomic E-state index is 10.6. The van der Waals surface area contributed by atoms with Crippen molar-refractivity contribution in [3.8, 4) is 0 Å². The third kappa shape index (κ3) is 9.87. The Balaban J connectivity index is 0.000000343. The molecule has 0 bridgehead atoms. The lowest BCUT2D eigenvalue weighted by molar-refractivity contribution is -0.193. The molecule has 1 unspecified atom stereocenters. The molecule has 1 atom stereocenters. The fraction of sp³-hybridized carbons (Fsp3) is 0.750. The van der Waals surface area contributed by atoms with Gasteiger partial charge in [0.1, 0.15) is 0 Å². The third-order valence-corrected chi connectivity index (χ3v) is 5.23. The molecular weight excluding hydrogens is 476 g/mol. The number of alkyl halides is 6.